The average molecular weight is 681 g/mol. The molecule has 0 amide bonds. The quantitative estimate of drug-likeness (QED) is 0.176. The van der Waals surface area contributed by atoms with Gasteiger partial charge >= 0.3 is 11.9 Å². The molecule has 3 aliphatic carbocycles. The Bertz CT molecular complexity index is 1240. The fourth-order valence-electron chi connectivity index (χ4n) is 7.88. The van der Waals surface area contributed by atoms with Crippen LogP contribution in [0.2, 0.25) is 0 Å². The van der Waals surface area contributed by atoms with Gasteiger partial charge in [0.05, 0.1) is 37.6 Å². The Kier molecular flexibility index (Phi) is 12.4. The summed E-state index contributed by atoms with van der Waals surface area (Å²) < 4.78 is 35.1. The molecule has 4 N–H and O–H groups in total. The average Bonchev–Trinajstić information content (AvgIpc) is 3.52. The molecule has 12 heteroatoms. The summed E-state index contributed by atoms with van der Waals surface area (Å²) in [5.41, 5.74) is 0.746. The Balaban J connectivity index is 1.82. The van der Waals surface area contributed by atoms with Gasteiger partial charge in [0.1, 0.15) is 24.4 Å². The third-order valence-corrected chi connectivity index (χ3v) is 10.8. The van der Waals surface area contributed by atoms with E-state index in [1.807, 2.05) is 20.8 Å². The molecule has 0 aromatic carbocycles. The molecule has 1 aliphatic heterocycles. The predicted octanol–water partition coefficient (Wildman–Crippen LogP) is 2.61. The number of ether oxygens (including phenoxy) is 6. The van der Waals surface area contributed by atoms with Crippen molar-refractivity contribution < 1.29 is 58.4 Å². The molecule has 4 unspecified atom stereocenters. The number of carbonyl (C=O) groups excluding carboxylic acids is 2. The SMILES string of the molecule is C=CC(C)(C)OC[C@H]1O[C@H](O[C@@H]2C3=C([C@H](C)COC(C)=O)C[C@H](O)[C@]3(C)C=C3C(CC[C@@H]3COC)[C@@H](C)[C@H]2O)C(O)C(OC(C)=O)C1O. The molecule has 1 saturated heterocycles. The second kappa shape index (κ2) is 15.4. The van der Waals surface area contributed by atoms with Gasteiger partial charge in [0.25, 0.3) is 0 Å². The lowest BCUT2D eigenvalue weighted by molar-refractivity contribution is -0.320. The maximum Gasteiger partial charge on any atom is 0.303 e. The monoisotopic (exact) mass is 680 g/mol. The van der Waals surface area contributed by atoms with Crippen LogP contribution >= 0.6 is 0 Å². The third kappa shape index (κ3) is 7.91. The molecule has 0 radical (unpaired) electrons. The van der Waals surface area contributed by atoms with E-state index in [1.54, 1.807) is 27.0 Å². The van der Waals surface area contributed by atoms with Crippen LogP contribution in [0.15, 0.2) is 35.5 Å². The van der Waals surface area contributed by atoms with Crippen LogP contribution in [0.25, 0.3) is 0 Å². The summed E-state index contributed by atoms with van der Waals surface area (Å²) >= 11 is 0. The lowest BCUT2D eigenvalue weighted by atomic mass is 9.68. The molecule has 0 bridgehead atoms. The maximum atomic E-state index is 12.3. The molecule has 272 valence electrons. The molecule has 4 rings (SSSR count). The number of aliphatic hydroxyl groups excluding tert-OH is 4. The highest BCUT2D eigenvalue weighted by Crippen LogP contribution is 2.56. The van der Waals surface area contributed by atoms with Gasteiger partial charge in [-0.25, -0.2) is 0 Å². The number of esters is 2. The zero-order chi connectivity index (χ0) is 35.7. The smallest absolute Gasteiger partial charge is 0.303 e. The topological polar surface area (TPSA) is 170 Å². The third-order valence-electron chi connectivity index (χ3n) is 10.8. The minimum absolute atomic E-state index is 0.0190. The van der Waals surface area contributed by atoms with Crippen molar-refractivity contribution in [2.24, 2.45) is 29.1 Å². The Labute approximate surface area is 284 Å². The summed E-state index contributed by atoms with van der Waals surface area (Å²) in [6.45, 7) is 16.0. The summed E-state index contributed by atoms with van der Waals surface area (Å²) in [6, 6.07) is 0. The van der Waals surface area contributed by atoms with E-state index < -0.39 is 72.0 Å². The van der Waals surface area contributed by atoms with Crippen molar-refractivity contribution in [1.29, 1.82) is 0 Å². The van der Waals surface area contributed by atoms with Crippen LogP contribution in [0, 0.1) is 29.1 Å². The molecule has 0 spiro atoms. The van der Waals surface area contributed by atoms with Gasteiger partial charge in [0, 0.05) is 38.2 Å². The van der Waals surface area contributed by atoms with E-state index in [1.165, 1.54) is 13.8 Å². The van der Waals surface area contributed by atoms with Crippen LogP contribution in [-0.2, 0) is 38.0 Å². The van der Waals surface area contributed by atoms with Gasteiger partial charge in [0.15, 0.2) is 12.4 Å². The normalized spacial score (nSPS) is 39.1. The first-order valence-electron chi connectivity index (χ1n) is 17.0. The Morgan fingerprint density at radius 3 is 2.40 bits per heavy atom. The second-order valence-electron chi connectivity index (χ2n) is 14.7. The number of methoxy groups -OCH3 is 1. The van der Waals surface area contributed by atoms with Crippen LogP contribution in [-0.4, -0.2) is 114 Å². The Morgan fingerprint density at radius 1 is 1.10 bits per heavy atom. The van der Waals surface area contributed by atoms with Crippen LogP contribution in [0.4, 0.5) is 0 Å². The van der Waals surface area contributed by atoms with E-state index in [4.69, 9.17) is 28.4 Å². The highest BCUT2D eigenvalue weighted by Gasteiger charge is 2.56. The molecular formula is C36H56O12. The van der Waals surface area contributed by atoms with Crippen molar-refractivity contribution in [1.82, 2.24) is 0 Å². The van der Waals surface area contributed by atoms with Crippen molar-refractivity contribution in [3.63, 3.8) is 0 Å². The van der Waals surface area contributed by atoms with Crippen molar-refractivity contribution in [3.05, 3.63) is 35.5 Å². The van der Waals surface area contributed by atoms with Gasteiger partial charge in [-0.05, 0) is 57.4 Å². The maximum absolute atomic E-state index is 12.3. The van der Waals surface area contributed by atoms with Crippen molar-refractivity contribution >= 4 is 11.9 Å². The van der Waals surface area contributed by atoms with Crippen molar-refractivity contribution in [2.45, 2.75) is 122 Å². The summed E-state index contributed by atoms with van der Waals surface area (Å²) in [4.78, 5) is 23.8. The Morgan fingerprint density at radius 2 is 1.79 bits per heavy atom. The predicted molar refractivity (Wildman–Crippen MR) is 174 cm³/mol. The van der Waals surface area contributed by atoms with Crippen LogP contribution in [0.5, 0.6) is 0 Å². The highest BCUT2D eigenvalue weighted by atomic mass is 16.7. The minimum atomic E-state index is -1.63. The van der Waals surface area contributed by atoms with Crippen LogP contribution in [0.3, 0.4) is 0 Å². The van der Waals surface area contributed by atoms with Crippen LogP contribution < -0.4 is 0 Å². The van der Waals surface area contributed by atoms with E-state index in [0.29, 0.717) is 12.2 Å². The number of hydrogen-bond donors (Lipinski definition) is 4. The first-order valence-corrected chi connectivity index (χ1v) is 17.0. The molecule has 2 fully saturated rings. The molecule has 0 aromatic heterocycles. The van der Waals surface area contributed by atoms with Gasteiger partial charge in [-0.15, -0.1) is 6.58 Å². The molecule has 13 atom stereocenters. The lowest BCUT2D eigenvalue weighted by Gasteiger charge is -2.47. The molecule has 4 aliphatic rings. The summed E-state index contributed by atoms with van der Waals surface area (Å²) in [6.07, 6.45) is -4.54. The second-order valence-corrected chi connectivity index (χ2v) is 14.7. The molecule has 1 heterocycles. The molecular weight excluding hydrogens is 624 g/mol. The zero-order valence-electron chi connectivity index (χ0n) is 29.6. The van der Waals surface area contributed by atoms with E-state index >= 15 is 0 Å². The van der Waals surface area contributed by atoms with Crippen LogP contribution in [0.1, 0.15) is 67.7 Å². The number of carbonyl (C=O) groups is 2. The number of fused-ring (bicyclic) bond motifs is 2. The van der Waals surface area contributed by atoms with Crippen molar-refractivity contribution in [2.75, 3.05) is 26.9 Å². The summed E-state index contributed by atoms with van der Waals surface area (Å²) in [5, 5.41) is 46.7. The van der Waals surface area contributed by atoms with E-state index in [-0.39, 0.29) is 43.3 Å². The number of aliphatic hydroxyl groups is 4. The fourth-order valence-corrected chi connectivity index (χ4v) is 7.88. The van der Waals surface area contributed by atoms with E-state index in [2.05, 4.69) is 12.7 Å². The first kappa shape index (κ1) is 38.6. The number of rotatable bonds is 12. The first-order chi connectivity index (χ1) is 22.4. The summed E-state index contributed by atoms with van der Waals surface area (Å²) in [5.74, 6) is -1.70. The van der Waals surface area contributed by atoms with Gasteiger partial charge in [-0.1, -0.05) is 37.1 Å². The molecule has 1 saturated carbocycles. The largest absolute Gasteiger partial charge is 0.465 e. The molecule has 48 heavy (non-hydrogen) atoms. The highest BCUT2D eigenvalue weighted by molar-refractivity contribution is 5.66. The zero-order valence-corrected chi connectivity index (χ0v) is 29.6. The number of hydrogen-bond acceptors (Lipinski definition) is 12. The van der Waals surface area contributed by atoms with Gasteiger partial charge in [-0.3, -0.25) is 9.59 Å². The summed E-state index contributed by atoms with van der Waals surface area (Å²) in [7, 11) is 1.66. The fraction of sp³-hybridized carbons (Fsp3) is 0.778. The van der Waals surface area contributed by atoms with Gasteiger partial charge in [-0.2, -0.15) is 0 Å². The standard InChI is InChI=1S/C36H56O12/c1-10-35(6,7)45-17-26-30(41)33(46-21(5)38)31(42)34(47-26)48-32-28-24(18(2)15-44-20(4)37)13-27(39)36(28,8)14-25-22(16-43-9)11-12-23(25)19(3)29(32)40/h10,14,18-19,22-23,26-27,29-34,39-42H,1,11-13,15-17H2,2-9H3/t18-,19-,22-,23?,26-,27+,29-,30?,31?,32-,33?,34-,36+/m1/s1. The molecule has 0 aromatic rings. The van der Waals surface area contributed by atoms with E-state index in [0.717, 1.165) is 24.0 Å². The van der Waals surface area contributed by atoms with Gasteiger partial charge < -0.3 is 48.8 Å². The Hall–Kier alpha value is -2.16. The minimum Gasteiger partial charge on any atom is -0.465 e. The molecule has 12 nitrogen and oxygen atoms in total. The van der Waals surface area contributed by atoms with E-state index in [9.17, 15) is 30.0 Å². The lowest BCUT2D eigenvalue weighted by Crippen LogP contribution is -2.62. The van der Waals surface area contributed by atoms with Gasteiger partial charge in [0.2, 0.25) is 0 Å². The van der Waals surface area contributed by atoms with Crippen molar-refractivity contribution in [3.8, 4) is 0 Å².